The van der Waals surface area contributed by atoms with E-state index in [0.29, 0.717) is 4.53 Å². The van der Waals surface area contributed by atoms with E-state index in [1.165, 1.54) is 22.5 Å². The van der Waals surface area contributed by atoms with Gasteiger partial charge in [-0.1, -0.05) is 53.8 Å². The monoisotopic (exact) mass is 558 g/mol. The molecule has 0 fully saturated rings. The van der Waals surface area contributed by atoms with Gasteiger partial charge in [0.2, 0.25) is 0 Å². The van der Waals surface area contributed by atoms with Crippen LogP contribution in [0.3, 0.4) is 0 Å². The molecule has 0 saturated carbocycles. The summed E-state index contributed by atoms with van der Waals surface area (Å²) >= 11 is 4.98. The van der Waals surface area contributed by atoms with Gasteiger partial charge in [0.15, 0.2) is 4.80 Å². The zero-order valence-corrected chi connectivity index (χ0v) is 22.2. The molecule has 1 aliphatic carbocycles. The normalized spacial score (nSPS) is 16.6. The first-order chi connectivity index (χ1) is 17.6. The van der Waals surface area contributed by atoms with Crippen molar-refractivity contribution in [2.75, 3.05) is 14.2 Å². The van der Waals surface area contributed by atoms with Gasteiger partial charge < -0.3 is 9.47 Å². The molecule has 180 valence electrons. The standard InChI is InChI=1S/C29H23BrN2O3S/c1-34-20-11-8-19(9-12-20)27-22-13-10-18-5-3-4-6-21(18)26(22)31-29-32(27)28(33)25(36-29)16-17-7-14-24(35-2)23(30)15-17/h3-9,11-12,14-16,27H,10,13H2,1-2H3/b25-16-/t27-/m0/s1. The van der Waals surface area contributed by atoms with Gasteiger partial charge in [0, 0.05) is 5.56 Å². The van der Waals surface area contributed by atoms with Crippen molar-refractivity contribution < 1.29 is 9.47 Å². The largest absolute Gasteiger partial charge is 0.497 e. The van der Waals surface area contributed by atoms with Gasteiger partial charge in [-0.2, -0.15) is 0 Å². The van der Waals surface area contributed by atoms with Crippen molar-refractivity contribution in [3.63, 3.8) is 0 Å². The van der Waals surface area contributed by atoms with Crippen LogP contribution in [-0.2, 0) is 6.42 Å². The van der Waals surface area contributed by atoms with Gasteiger partial charge in [-0.3, -0.25) is 9.36 Å². The molecule has 0 unspecified atom stereocenters. The molecule has 6 rings (SSSR count). The van der Waals surface area contributed by atoms with E-state index in [4.69, 9.17) is 14.5 Å². The highest BCUT2D eigenvalue weighted by Crippen LogP contribution is 2.41. The van der Waals surface area contributed by atoms with Gasteiger partial charge in [0.25, 0.3) is 5.56 Å². The van der Waals surface area contributed by atoms with E-state index in [2.05, 4.69) is 52.3 Å². The van der Waals surface area contributed by atoms with Crippen molar-refractivity contribution >= 4 is 39.0 Å². The highest BCUT2D eigenvalue weighted by atomic mass is 79.9. The second-order valence-electron chi connectivity index (χ2n) is 8.78. The number of hydrogen-bond donors (Lipinski definition) is 0. The first-order valence-corrected chi connectivity index (χ1v) is 13.3. The summed E-state index contributed by atoms with van der Waals surface area (Å²) in [6.07, 6.45) is 3.72. The van der Waals surface area contributed by atoms with Gasteiger partial charge >= 0.3 is 0 Å². The lowest BCUT2D eigenvalue weighted by atomic mass is 9.83. The summed E-state index contributed by atoms with van der Waals surface area (Å²) in [7, 11) is 3.30. The molecule has 7 heteroatoms. The summed E-state index contributed by atoms with van der Waals surface area (Å²) in [5.74, 6) is 1.54. The molecule has 2 aliphatic rings. The van der Waals surface area contributed by atoms with Crippen molar-refractivity contribution in [2.24, 2.45) is 4.99 Å². The lowest BCUT2D eigenvalue weighted by Gasteiger charge is -2.30. The maximum absolute atomic E-state index is 13.9. The Kier molecular flexibility index (Phi) is 5.90. The minimum atomic E-state index is -0.208. The molecule has 1 atom stereocenters. The van der Waals surface area contributed by atoms with E-state index < -0.39 is 0 Å². The molecule has 4 aromatic rings. The number of benzene rings is 3. The number of fused-ring (bicyclic) bond motifs is 3. The third-order valence-electron chi connectivity index (χ3n) is 6.78. The van der Waals surface area contributed by atoms with Crippen LogP contribution in [0.1, 0.15) is 34.7 Å². The zero-order valence-electron chi connectivity index (χ0n) is 19.8. The van der Waals surface area contributed by atoms with E-state index in [9.17, 15) is 4.79 Å². The summed E-state index contributed by atoms with van der Waals surface area (Å²) < 4.78 is 14.1. The van der Waals surface area contributed by atoms with Gasteiger partial charge in [-0.05, 0) is 81.4 Å². The van der Waals surface area contributed by atoms with Crippen LogP contribution in [0, 0.1) is 0 Å². The van der Waals surface area contributed by atoms with Gasteiger partial charge in [0.1, 0.15) is 11.5 Å². The number of thiazole rings is 1. The zero-order chi connectivity index (χ0) is 24.8. The van der Waals surface area contributed by atoms with Crippen LogP contribution in [0.2, 0.25) is 0 Å². The lowest BCUT2D eigenvalue weighted by Crippen LogP contribution is -2.38. The van der Waals surface area contributed by atoms with E-state index in [0.717, 1.165) is 56.0 Å². The van der Waals surface area contributed by atoms with Crippen molar-refractivity contribution in [1.82, 2.24) is 4.57 Å². The van der Waals surface area contributed by atoms with Gasteiger partial charge in [-0.25, -0.2) is 4.99 Å². The molecule has 1 aromatic heterocycles. The van der Waals surface area contributed by atoms with Crippen LogP contribution in [0.15, 0.2) is 86.6 Å². The molecule has 0 bridgehead atoms. The van der Waals surface area contributed by atoms with Gasteiger partial charge in [-0.15, -0.1) is 0 Å². The van der Waals surface area contributed by atoms with Crippen LogP contribution in [0.25, 0.3) is 11.8 Å². The van der Waals surface area contributed by atoms with E-state index in [-0.39, 0.29) is 11.6 Å². The Hall–Kier alpha value is -3.42. The van der Waals surface area contributed by atoms with Crippen LogP contribution < -0.4 is 24.4 Å². The predicted octanol–water partition coefficient (Wildman–Crippen LogP) is 5.10. The fraction of sp³-hybridized carbons (Fsp3) is 0.172. The van der Waals surface area contributed by atoms with Crippen molar-refractivity contribution in [3.8, 4) is 11.5 Å². The lowest BCUT2D eigenvalue weighted by molar-refractivity contribution is 0.412. The number of hydrogen-bond acceptors (Lipinski definition) is 5. The second kappa shape index (κ2) is 9.22. The molecule has 2 heterocycles. The molecule has 0 radical (unpaired) electrons. The maximum atomic E-state index is 13.9. The van der Waals surface area contributed by atoms with Crippen molar-refractivity contribution in [1.29, 1.82) is 0 Å². The first-order valence-electron chi connectivity index (χ1n) is 11.7. The van der Waals surface area contributed by atoms with Crippen molar-refractivity contribution in [3.05, 3.63) is 119 Å². The smallest absolute Gasteiger partial charge is 0.271 e. The Morgan fingerprint density at radius 2 is 1.83 bits per heavy atom. The third kappa shape index (κ3) is 3.83. The highest BCUT2D eigenvalue weighted by Gasteiger charge is 2.32. The molecule has 0 amide bonds. The summed E-state index contributed by atoms with van der Waals surface area (Å²) in [6, 6.07) is 22.1. The number of aromatic nitrogens is 1. The van der Waals surface area contributed by atoms with Crippen LogP contribution in [-0.4, -0.2) is 18.8 Å². The molecular formula is C29H23BrN2O3S. The van der Waals surface area contributed by atoms with Crippen LogP contribution in [0.4, 0.5) is 0 Å². The molecule has 3 aromatic carbocycles. The number of rotatable bonds is 4. The average molecular weight is 559 g/mol. The number of halogens is 1. The summed E-state index contributed by atoms with van der Waals surface area (Å²) in [5.41, 5.74) is 6.59. The molecule has 36 heavy (non-hydrogen) atoms. The number of nitrogens with zero attached hydrogens (tertiary/aromatic N) is 2. The number of ether oxygens (including phenoxy) is 2. The molecule has 0 saturated heterocycles. The SMILES string of the molecule is COc1ccc([C@H]2C3=C(N=c4s/c(=C\c5ccc(OC)c(Br)c5)c(=O)n42)c2ccccc2CC3)cc1. The van der Waals surface area contributed by atoms with E-state index in [1.807, 2.05) is 41.0 Å². The Morgan fingerprint density at radius 3 is 2.58 bits per heavy atom. The highest BCUT2D eigenvalue weighted by molar-refractivity contribution is 9.10. The third-order valence-corrected chi connectivity index (χ3v) is 8.38. The van der Waals surface area contributed by atoms with Gasteiger partial charge in [0.05, 0.1) is 35.0 Å². The number of methoxy groups -OCH3 is 2. The Bertz CT molecular complexity index is 1700. The fourth-order valence-corrected chi connectivity index (χ4v) is 6.59. The molecule has 5 nitrogen and oxygen atoms in total. The first kappa shape index (κ1) is 23.0. The van der Waals surface area contributed by atoms with Crippen LogP contribution in [0.5, 0.6) is 11.5 Å². The summed E-state index contributed by atoms with van der Waals surface area (Å²) in [5, 5.41) is 0. The molecule has 0 spiro atoms. The Labute approximate surface area is 220 Å². The average Bonchev–Trinajstić information content (AvgIpc) is 3.22. The molecule has 0 N–H and O–H groups in total. The van der Waals surface area contributed by atoms with Crippen LogP contribution >= 0.6 is 27.3 Å². The minimum Gasteiger partial charge on any atom is -0.497 e. The molecular weight excluding hydrogens is 536 g/mol. The maximum Gasteiger partial charge on any atom is 0.271 e. The summed E-state index contributed by atoms with van der Waals surface area (Å²) in [6.45, 7) is 0. The number of allylic oxidation sites excluding steroid dienone is 1. The fourth-order valence-electron chi connectivity index (χ4n) is 5.03. The topological polar surface area (TPSA) is 52.8 Å². The Morgan fingerprint density at radius 1 is 1.03 bits per heavy atom. The van der Waals surface area contributed by atoms with E-state index >= 15 is 0 Å². The van der Waals surface area contributed by atoms with E-state index in [1.54, 1.807) is 14.2 Å². The quantitative estimate of drug-likeness (QED) is 0.350. The molecule has 1 aliphatic heterocycles. The summed E-state index contributed by atoms with van der Waals surface area (Å²) in [4.78, 5) is 19.6. The van der Waals surface area contributed by atoms with Crippen molar-refractivity contribution in [2.45, 2.75) is 18.9 Å². The predicted molar refractivity (Wildman–Crippen MR) is 146 cm³/mol. The number of aryl methyl sites for hydroxylation is 1. The minimum absolute atomic E-state index is 0.0306. The second-order valence-corrected chi connectivity index (χ2v) is 10.6. The Balaban J connectivity index is 1.58.